The van der Waals surface area contributed by atoms with Gasteiger partial charge in [-0.1, -0.05) is 12.1 Å². The lowest BCUT2D eigenvalue weighted by Gasteiger charge is -2.13. The number of benzene rings is 1. The number of furan rings is 1. The van der Waals surface area contributed by atoms with E-state index in [1.54, 1.807) is 48.7 Å². The number of carbonyl (C=O) groups is 4. The van der Waals surface area contributed by atoms with Crippen LogP contribution in [0, 0.1) is 0 Å². The Balaban J connectivity index is 1.56. The van der Waals surface area contributed by atoms with Crippen LogP contribution in [-0.2, 0) is 9.53 Å². The zero-order valence-electron chi connectivity index (χ0n) is 15.8. The molecule has 0 saturated heterocycles. The second-order valence-corrected chi connectivity index (χ2v) is 7.22. The summed E-state index contributed by atoms with van der Waals surface area (Å²) in [6, 6.07) is 9.77. The minimum atomic E-state index is -0.610. The number of fused-ring (bicyclic) bond motifs is 1. The summed E-state index contributed by atoms with van der Waals surface area (Å²) in [5.74, 6) is -1.82. The maximum absolute atomic E-state index is 12.6. The highest BCUT2D eigenvalue weighted by Gasteiger charge is 2.36. The molecular weight excluding hydrogens is 408 g/mol. The third-order valence-electron chi connectivity index (χ3n) is 4.49. The normalized spacial score (nSPS) is 12.8. The summed E-state index contributed by atoms with van der Waals surface area (Å²) in [5, 5.41) is 4.54. The zero-order chi connectivity index (χ0) is 21.3. The van der Waals surface area contributed by atoms with Gasteiger partial charge < -0.3 is 14.5 Å². The third-order valence-corrected chi connectivity index (χ3v) is 5.39. The molecule has 4 rings (SSSR count). The molecule has 0 radical (unpaired) electrons. The molecule has 9 heteroatoms. The SMILES string of the molecule is CCOC(=O)c1c(-c2ccco2)csc1NC(=O)CN1C(=O)c2ccccc2C1=O. The van der Waals surface area contributed by atoms with Gasteiger partial charge in [-0.3, -0.25) is 19.3 Å². The summed E-state index contributed by atoms with van der Waals surface area (Å²) in [6.07, 6.45) is 1.47. The summed E-state index contributed by atoms with van der Waals surface area (Å²) in [7, 11) is 0. The zero-order valence-corrected chi connectivity index (χ0v) is 16.7. The molecule has 1 aliphatic heterocycles. The van der Waals surface area contributed by atoms with Crippen molar-refractivity contribution in [3.63, 3.8) is 0 Å². The first-order valence-electron chi connectivity index (χ1n) is 9.08. The molecule has 0 fully saturated rings. The van der Waals surface area contributed by atoms with Crippen molar-refractivity contribution in [3.05, 3.63) is 64.7 Å². The van der Waals surface area contributed by atoms with Gasteiger partial charge in [-0.05, 0) is 31.2 Å². The molecule has 1 aliphatic rings. The molecule has 1 aromatic carbocycles. The molecular formula is C21H16N2O6S. The molecule has 0 saturated carbocycles. The van der Waals surface area contributed by atoms with Crippen molar-refractivity contribution < 1.29 is 28.3 Å². The molecule has 152 valence electrons. The Morgan fingerprint density at radius 2 is 1.77 bits per heavy atom. The van der Waals surface area contributed by atoms with Crippen molar-refractivity contribution >= 4 is 40.0 Å². The molecule has 0 unspecified atom stereocenters. The van der Waals surface area contributed by atoms with Crippen LogP contribution in [0.4, 0.5) is 5.00 Å². The van der Waals surface area contributed by atoms with Crippen molar-refractivity contribution in [1.82, 2.24) is 4.90 Å². The van der Waals surface area contributed by atoms with Crippen LogP contribution >= 0.6 is 11.3 Å². The average molecular weight is 424 g/mol. The highest BCUT2D eigenvalue weighted by molar-refractivity contribution is 7.15. The number of hydrogen-bond acceptors (Lipinski definition) is 7. The van der Waals surface area contributed by atoms with E-state index in [2.05, 4.69) is 5.32 Å². The molecule has 2 aromatic heterocycles. The number of anilines is 1. The number of rotatable bonds is 6. The number of thiophene rings is 1. The molecule has 0 spiro atoms. The summed E-state index contributed by atoms with van der Waals surface area (Å²) < 4.78 is 10.5. The van der Waals surface area contributed by atoms with E-state index in [9.17, 15) is 19.2 Å². The smallest absolute Gasteiger partial charge is 0.341 e. The third kappa shape index (κ3) is 3.39. The molecule has 3 heterocycles. The van der Waals surface area contributed by atoms with Crippen molar-refractivity contribution in [1.29, 1.82) is 0 Å². The van der Waals surface area contributed by atoms with E-state index < -0.39 is 30.2 Å². The largest absolute Gasteiger partial charge is 0.464 e. The number of esters is 1. The van der Waals surface area contributed by atoms with Crippen LogP contribution in [-0.4, -0.2) is 41.7 Å². The molecule has 0 aliphatic carbocycles. The number of hydrogen-bond donors (Lipinski definition) is 1. The Labute approximate surface area is 175 Å². The van der Waals surface area contributed by atoms with E-state index in [0.717, 1.165) is 16.2 Å². The molecule has 30 heavy (non-hydrogen) atoms. The number of nitrogens with zero attached hydrogens (tertiary/aromatic N) is 1. The standard InChI is InChI=1S/C21H16N2O6S/c1-2-28-21(27)17-14(15-8-5-9-29-15)11-30-18(17)22-16(24)10-23-19(25)12-6-3-4-7-13(12)20(23)26/h3-9,11H,2,10H2,1H3,(H,22,24). The average Bonchev–Trinajstić information content (AvgIpc) is 3.45. The first kappa shape index (κ1) is 19.6. The Morgan fingerprint density at radius 1 is 1.07 bits per heavy atom. The van der Waals surface area contributed by atoms with Crippen molar-refractivity contribution in [2.75, 3.05) is 18.5 Å². The fraction of sp³-hybridized carbons (Fsp3) is 0.143. The Morgan fingerprint density at radius 3 is 2.37 bits per heavy atom. The van der Waals surface area contributed by atoms with E-state index in [-0.39, 0.29) is 28.3 Å². The van der Waals surface area contributed by atoms with Crippen LogP contribution in [0.25, 0.3) is 11.3 Å². The number of ether oxygens (including phenoxy) is 1. The van der Waals surface area contributed by atoms with Gasteiger partial charge in [-0.25, -0.2) is 4.79 Å². The molecule has 1 N–H and O–H groups in total. The van der Waals surface area contributed by atoms with Crippen LogP contribution in [0.3, 0.4) is 0 Å². The number of nitrogens with one attached hydrogen (secondary N) is 1. The Hall–Kier alpha value is -3.72. The van der Waals surface area contributed by atoms with Gasteiger partial charge in [-0.2, -0.15) is 0 Å². The highest BCUT2D eigenvalue weighted by atomic mass is 32.1. The molecule has 8 nitrogen and oxygen atoms in total. The van der Waals surface area contributed by atoms with E-state index >= 15 is 0 Å². The summed E-state index contributed by atoms with van der Waals surface area (Å²) >= 11 is 1.12. The number of carbonyl (C=O) groups excluding carboxylic acids is 4. The van der Waals surface area contributed by atoms with Crippen LogP contribution < -0.4 is 5.32 Å². The van der Waals surface area contributed by atoms with E-state index in [1.807, 2.05) is 0 Å². The van der Waals surface area contributed by atoms with Gasteiger partial charge in [0.1, 0.15) is 22.9 Å². The fourth-order valence-electron chi connectivity index (χ4n) is 3.16. The monoisotopic (exact) mass is 424 g/mol. The van der Waals surface area contributed by atoms with Crippen molar-refractivity contribution in [3.8, 4) is 11.3 Å². The Kier molecular flexibility index (Phi) is 5.20. The van der Waals surface area contributed by atoms with Gasteiger partial charge in [0.15, 0.2) is 0 Å². The first-order valence-corrected chi connectivity index (χ1v) is 9.96. The van der Waals surface area contributed by atoms with Gasteiger partial charge in [0, 0.05) is 10.9 Å². The summed E-state index contributed by atoms with van der Waals surface area (Å²) in [5.41, 5.74) is 1.17. The second-order valence-electron chi connectivity index (χ2n) is 6.34. The van der Waals surface area contributed by atoms with Crippen LogP contribution in [0.15, 0.2) is 52.5 Å². The minimum Gasteiger partial charge on any atom is -0.464 e. The van der Waals surface area contributed by atoms with Gasteiger partial charge in [0.2, 0.25) is 5.91 Å². The van der Waals surface area contributed by atoms with E-state index in [4.69, 9.17) is 9.15 Å². The molecule has 0 atom stereocenters. The minimum absolute atomic E-state index is 0.160. The number of amides is 3. The summed E-state index contributed by atoms with van der Waals surface area (Å²) in [4.78, 5) is 50.9. The lowest BCUT2D eigenvalue weighted by atomic mass is 10.1. The highest BCUT2D eigenvalue weighted by Crippen LogP contribution is 2.36. The lowest BCUT2D eigenvalue weighted by molar-refractivity contribution is -0.116. The van der Waals surface area contributed by atoms with Gasteiger partial charge in [0.05, 0.1) is 24.0 Å². The summed E-state index contributed by atoms with van der Waals surface area (Å²) in [6.45, 7) is 1.37. The van der Waals surface area contributed by atoms with Crippen LogP contribution in [0.2, 0.25) is 0 Å². The lowest BCUT2D eigenvalue weighted by Crippen LogP contribution is -2.37. The molecule has 0 bridgehead atoms. The van der Waals surface area contributed by atoms with Crippen molar-refractivity contribution in [2.24, 2.45) is 0 Å². The topological polar surface area (TPSA) is 106 Å². The van der Waals surface area contributed by atoms with Crippen LogP contribution in [0.1, 0.15) is 38.0 Å². The molecule has 3 aromatic rings. The van der Waals surface area contributed by atoms with Gasteiger partial charge in [-0.15, -0.1) is 11.3 Å². The predicted octanol–water partition coefficient (Wildman–Crippen LogP) is 3.42. The molecule has 3 amide bonds. The fourth-order valence-corrected chi connectivity index (χ4v) is 4.12. The quantitative estimate of drug-likeness (QED) is 0.480. The van der Waals surface area contributed by atoms with Crippen LogP contribution in [0.5, 0.6) is 0 Å². The second kappa shape index (κ2) is 7.96. The van der Waals surface area contributed by atoms with E-state index in [1.165, 1.54) is 6.26 Å². The van der Waals surface area contributed by atoms with Gasteiger partial charge in [0.25, 0.3) is 11.8 Å². The van der Waals surface area contributed by atoms with Crippen molar-refractivity contribution in [2.45, 2.75) is 6.92 Å². The first-order chi connectivity index (χ1) is 14.5. The predicted molar refractivity (Wildman–Crippen MR) is 108 cm³/mol. The Bertz CT molecular complexity index is 1110. The number of imide groups is 1. The van der Waals surface area contributed by atoms with E-state index in [0.29, 0.717) is 11.3 Å². The maximum atomic E-state index is 12.6. The van der Waals surface area contributed by atoms with Gasteiger partial charge >= 0.3 is 5.97 Å². The maximum Gasteiger partial charge on any atom is 0.341 e.